The van der Waals surface area contributed by atoms with Crippen LogP contribution in [0.1, 0.15) is 86.1 Å². The molecule has 7 amide bonds. The van der Waals surface area contributed by atoms with Crippen LogP contribution in [0.2, 0.25) is 0 Å². The molecule has 1 aromatic rings. The summed E-state index contributed by atoms with van der Waals surface area (Å²) in [7, 11) is 2.90. The number of rotatable bonds is 15. The summed E-state index contributed by atoms with van der Waals surface area (Å²) in [5, 5.41) is 25.7. The zero-order chi connectivity index (χ0) is 52.8. The summed E-state index contributed by atoms with van der Waals surface area (Å²) in [5.74, 6) is -10.3. The molecule has 0 spiro atoms. The number of nitrogens with one attached hydrogen (secondary N) is 7. The van der Waals surface area contributed by atoms with Gasteiger partial charge in [0.15, 0.2) is 0 Å². The maximum Gasteiger partial charge on any atom is 0.338 e. The second-order valence-corrected chi connectivity index (χ2v) is 18.2. The quantitative estimate of drug-likeness (QED) is 0.0247. The van der Waals surface area contributed by atoms with Crippen LogP contribution < -0.4 is 48.4 Å². The number of guanidine groups is 1. The van der Waals surface area contributed by atoms with E-state index in [1.807, 2.05) is 50.3 Å². The van der Waals surface area contributed by atoms with Gasteiger partial charge in [0.05, 0.1) is 36.6 Å². The highest BCUT2D eigenvalue weighted by Crippen LogP contribution is 2.19. The number of carboxylic acids is 1. The molecule has 21 heteroatoms. The summed E-state index contributed by atoms with van der Waals surface area (Å²) in [6.45, 7) is 15.3. The van der Waals surface area contributed by atoms with Gasteiger partial charge in [-0.05, 0) is 57.4 Å². The van der Waals surface area contributed by atoms with Gasteiger partial charge in [-0.15, -0.1) is 0 Å². The minimum atomic E-state index is -1.85. The molecule has 0 unspecified atom stereocenters. The largest absolute Gasteiger partial charge is 0.480 e. The predicted molar refractivity (Wildman–Crippen MR) is 261 cm³/mol. The Hall–Kier alpha value is -6.90. The zero-order valence-electron chi connectivity index (χ0n) is 41.8. The first-order chi connectivity index (χ1) is 32.9. The maximum absolute atomic E-state index is 14.4. The maximum atomic E-state index is 14.4. The fraction of sp³-hybridized carbons (Fsp3) is 0.551. The van der Waals surface area contributed by atoms with Crippen molar-refractivity contribution in [1.82, 2.24) is 36.8 Å². The summed E-state index contributed by atoms with van der Waals surface area (Å²) in [6.07, 6.45) is 5.87. The SMILES string of the molecule is C=C1C(=O)N[C@H](C)C(=O)N[C@@H](CC(C)C)C(=O)N[C@@H](C(=O)O)[C@H](C)C(=O)N[C@@H](CCC[NH+]=C(N)N)C(=O)N[C@@H](/C=C/C(C)=C/[C@H](C)[C@H](Cc2ccccc2)OC)[C@H](C)C(=O)N[C@@H](C=O)CCC(=O)N1C. The van der Waals surface area contributed by atoms with Gasteiger partial charge < -0.3 is 51.4 Å². The number of hydrogen-bond donors (Lipinski definition) is 10. The third kappa shape index (κ3) is 19.6. The fourth-order valence-electron chi connectivity index (χ4n) is 7.43. The molecule has 10 atom stereocenters. The highest BCUT2D eigenvalue weighted by Gasteiger charge is 2.37. The first-order valence-corrected chi connectivity index (χ1v) is 23.4. The van der Waals surface area contributed by atoms with E-state index in [1.54, 1.807) is 33.1 Å². The summed E-state index contributed by atoms with van der Waals surface area (Å²) in [4.78, 5) is 124. The molecule has 21 nitrogen and oxygen atoms in total. The van der Waals surface area contributed by atoms with E-state index < -0.39 is 95.4 Å². The number of carboxylic acid groups (broad SMARTS) is 1. The second-order valence-electron chi connectivity index (χ2n) is 18.2. The molecular formula is C49H75N10O11+. The lowest BCUT2D eigenvalue weighted by molar-refractivity contribution is -0.459. The molecule has 0 radical (unpaired) electrons. The first-order valence-electron chi connectivity index (χ1n) is 23.4. The van der Waals surface area contributed by atoms with Crippen molar-refractivity contribution in [3.63, 3.8) is 0 Å². The molecule has 0 saturated carbocycles. The Bertz CT molecular complexity index is 2110. The minimum absolute atomic E-state index is 0.0274. The topological polar surface area (TPSA) is 325 Å². The lowest BCUT2D eigenvalue weighted by Crippen LogP contribution is -2.78. The number of aldehydes is 1. The molecule has 12 N–H and O–H groups in total. The molecule has 0 aliphatic carbocycles. The van der Waals surface area contributed by atoms with Crippen LogP contribution in [0.3, 0.4) is 0 Å². The van der Waals surface area contributed by atoms with Crippen LogP contribution in [0.4, 0.5) is 0 Å². The van der Waals surface area contributed by atoms with E-state index in [2.05, 4.69) is 43.5 Å². The van der Waals surface area contributed by atoms with Gasteiger partial charge in [-0.1, -0.05) is 95.3 Å². The lowest BCUT2D eigenvalue weighted by atomic mass is 9.94. The van der Waals surface area contributed by atoms with Gasteiger partial charge in [0.25, 0.3) is 5.91 Å². The Morgan fingerprint density at radius 3 is 2.09 bits per heavy atom. The number of allylic oxidation sites excluding steroid dienone is 2. The Labute approximate surface area is 410 Å². The van der Waals surface area contributed by atoms with Crippen LogP contribution in [-0.4, -0.2) is 133 Å². The lowest BCUT2D eigenvalue weighted by Gasteiger charge is -2.28. The Balaban J connectivity index is 2.70. The van der Waals surface area contributed by atoms with Crippen LogP contribution in [0, 0.1) is 23.7 Å². The van der Waals surface area contributed by atoms with Gasteiger partial charge >= 0.3 is 11.9 Å². The number of amides is 7. The predicted octanol–water partition coefficient (Wildman–Crippen LogP) is -1.19. The minimum Gasteiger partial charge on any atom is -0.480 e. The zero-order valence-corrected chi connectivity index (χ0v) is 41.8. The van der Waals surface area contributed by atoms with E-state index in [4.69, 9.17) is 16.2 Å². The fourth-order valence-corrected chi connectivity index (χ4v) is 7.43. The van der Waals surface area contributed by atoms with E-state index in [9.17, 15) is 48.3 Å². The van der Waals surface area contributed by atoms with Crippen molar-refractivity contribution >= 4 is 59.6 Å². The number of ether oxygens (including phenoxy) is 1. The van der Waals surface area contributed by atoms with Crippen molar-refractivity contribution in [2.45, 2.75) is 129 Å². The highest BCUT2D eigenvalue weighted by atomic mass is 16.5. The van der Waals surface area contributed by atoms with E-state index >= 15 is 0 Å². The number of likely N-dealkylation sites (N-methyl/N-ethyl adjacent to an activating group) is 1. The van der Waals surface area contributed by atoms with E-state index in [1.165, 1.54) is 27.8 Å². The number of aliphatic carboxylic acids is 1. The van der Waals surface area contributed by atoms with E-state index in [0.717, 1.165) is 16.0 Å². The molecule has 70 heavy (non-hydrogen) atoms. The summed E-state index contributed by atoms with van der Waals surface area (Å²) >= 11 is 0. The van der Waals surface area contributed by atoms with E-state index in [-0.39, 0.29) is 68.2 Å². The number of carbonyl (C=O) groups excluding carboxylic acids is 8. The van der Waals surface area contributed by atoms with Crippen LogP contribution in [0.5, 0.6) is 0 Å². The summed E-state index contributed by atoms with van der Waals surface area (Å²) < 4.78 is 5.83. The van der Waals surface area contributed by atoms with Crippen molar-refractivity contribution < 1.29 is 58.0 Å². The number of nitrogens with two attached hydrogens (primary N) is 2. The average molecular weight is 980 g/mol. The number of nitrogens with zero attached hydrogens (tertiary/aromatic N) is 1. The first kappa shape index (κ1) is 59.2. The van der Waals surface area contributed by atoms with Gasteiger partial charge in [-0.2, -0.15) is 0 Å². The molecule has 1 heterocycles. The molecule has 1 fully saturated rings. The Morgan fingerprint density at radius 1 is 0.886 bits per heavy atom. The summed E-state index contributed by atoms with van der Waals surface area (Å²) in [5.41, 5.74) is 12.6. The third-order valence-corrected chi connectivity index (χ3v) is 11.9. The van der Waals surface area contributed by atoms with Gasteiger partial charge in [0.1, 0.15) is 36.2 Å². The number of benzene rings is 1. The summed E-state index contributed by atoms with van der Waals surface area (Å²) in [6, 6.07) is 1.76. The Kier molecular flexibility index (Phi) is 24.7. The van der Waals surface area contributed by atoms with Crippen LogP contribution >= 0.6 is 0 Å². The van der Waals surface area contributed by atoms with Crippen molar-refractivity contribution in [1.29, 1.82) is 0 Å². The van der Waals surface area contributed by atoms with E-state index in [0.29, 0.717) is 12.7 Å². The Morgan fingerprint density at radius 2 is 1.50 bits per heavy atom. The molecule has 0 bridgehead atoms. The molecular weight excluding hydrogens is 905 g/mol. The van der Waals surface area contributed by atoms with Crippen LogP contribution in [0.15, 0.2) is 66.4 Å². The number of carbonyl (C=O) groups is 9. The molecule has 2 rings (SSSR count). The number of hydrogen-bond acceptors (Lipinski definition) is 10. The third-order valence-electron chi connectivity index (χ3n) is 11.9. The second kappa shape index (κ2) is 29.2. The van der Waals surface area contributed by atoms with Crippen molar-refractivity contribution in [3.05, 3.63) is 72.0 Å². The molecule has 0 aromatic heterocycles. The van der Waals surface area contributed by atoms with Gasteiger partial charge in [-0.25, -0.2) is 4.79 Å². The van der Waals surface area contributed by atoms with Crippen LogP contribution in [0.25, 0.3) is 0 Å². The molecule has 1 aliphatic heterocycles. The van der Waals surface area contributed by atoms with Crippen molar-refractivity contribution in [3.8, 4) is 0 Å². The standard InChI is InChI=1S/C49H74N10O11/c1-27(2)23-38-47(67)58-41(48(68)69)31(6)43(63)56-37(17-14-22-52-49(50)51)46(66)55-36(20-18-28(3)24-29(4)39(70-10)25-34-15-12-11-13-16-34)30(5)42(62)54-35(26-60)19-21-40(61)59(9)33(8)45(65)53-32(7)44(64)57-38/h11-13,15-16,18,20,24,26-27,29-32,35-39,41H,8,14,17,19,21-23,25H2,1-7,9-10H3,(H,53,65)(H,54,62)(H,55,66)(H,56,63)(H,57,64)(H,58,67)(H,68,69)(H4,50,51,52)/p+1/b20-18+,28-24+/t29-,30-,31-,32+,35+,36-,37-,38-,39-,41+/m0/s1. The average Bonchev–Trinajstić information content (AvgIpc) is 3.31. The van der Waals surface area contributed by atoms with Gasteiger partial charge in [-0.3, -0.25) is 50.0 Å². The highest BCUT2D eigenvalue weighted by molar-refractivity contribution is 6.00. The van der Waals surface area contributed by atoms with Gasteiger partial charge in [0.2, 0.25) is 35.4 Å². The smallest absolute Gasteiger partial charge is 0.338 e. The van der Waals surface area contributed by atoms with Crippen molar-refractivity contribution in [2.24, 2.45) is 35.1 Å². The molecule has 1 aliphatic rings. The normalized spacial score (nSPS) is 25.5. The van der Waals surface area contributed by atoms with Crippen LogP contribution in [-0.2, 0) is 54.3 Å². The van der Waals surface area contributed by atoms with Crippen molar-refractivity contribution in [2.75, 3.05) is 20.7 Å². The molecule has 386 valence electrons. The monoisotopic (exact) mass is 980 g/mol. The molecule has 1 aromatic carbocycles. The number of methoxy groups -OCH3 is 1. The molecule has 1 saturated heterocycles. The van der Waals surface area contributed by atoms with Gasteiger partial charge in [0, 0.05) is 26.5 Å².